The van der Waals surface area contributed by atoms with Crippen LogP contribution in [-0.4, -0.2) is 11.9 Å². The zero-order chi connectivity index (χ0) is 19.4. The Morgan fingerprint density at radius 1 is 0.923 bits per heavy atom. The summed E-state index contributed by atoms with van der Waals surface area (Å²) in [5.74, 6) is 0. The van der Waals surface area contributed by atoms with Crippen molar-refractivity contribution >= 4 is 5.71 Å². The first-order valence-electron chi connectivity index (χ1n) is 7.37. The van der Waals surface area contributed by atoms with E-state index in [0.717, 1.165) is 24.3 Å². The van der Waals surface area contributed by atoms with Gasteiger partial charge in [-0.05, 0) is 17.7 Å². The van der Waals surface area contributed by atoms with E-state index < -0.39 is 30.4 Å². The summed E-state index contributed by atoms with van der Waals surface area (Å²) in [6.07, 6.45) is -10.4. The smallest absolute Gasteiger partial charge is 0.265 e. The number of hydrogen-bond donors (Lipinski definition) is 0. The summed E-state index contributed by atoms with van der Waals surface area (Å²) in [4.78, 5) is 3.87. The van der Waals surface area contributed by atoms with E-state index in [9.17, 15) is 31.6 Å². The van der Waals surface area contributed by atoms with Crippen molar-refractivity contribution in [3.63, 3.8) is 0 Å². The quantitative estimate of drug-likeness (QED) is 0.501. The number of halogens is 6. The molecule has 0 spiro atoms. The number of nitriles is 1. The molecule has 0 aliphatic heterocycles. The van der Waals surface area contributed by atoms with E-state index in [1.54, 1.807) is 24.3 Å². The molecule has 0 radical (unpaired) electrons. The lowest BCUT2D eigenvalue weighted by Crippen LogP contribution is -2.14. The first-order valence-corrected chi connectivity index (χ1v) is 7.37. The van der Waals surface area contributed by atoms with Crippen molar-refractivity contribution in [3.8, 4) is 6.07 Å². The molecule has 0 N–H and O–H groups in total. The maximum absolute atomic E-state index is 12.9. The lowest BCUT2D eigenvalue weighted by molar-refractivity contribution is -0.139. The molecule has 2 aromatic carbocycles. The zero-order valence-electron chi connectivity index (χ0n) is 13.1. The number of alkyl halides is 6. The maximum atomic E-state index is 12.9. The molecular formula is C18H12F6N2. The van der Waals surface area contributed by atoms with Crippen molar-refractivity contribution < 1.29 is 26.3 Å². The molecule has 0 aliphatic rings. The molecule has 1 atom stereocenters. The largest absolute Gasteiger partial charge is 0.416 e. The van der Waals surface area contributed by atoms with Crippen LogP contribution < -0.4 is 0 Å². The summed E-state index contributed by atoms with van der Waals surface area (Å²) in [5, 5.41) is 9.22. The van der Waals surface area contributed by atoms with Gasteiger partial charge in [0.15, 0.2) is 0 Å². The minimum Gasteiger partial charge on any atom is -0.265 e. The van der Waals surface area contributed by atoms with Gasteiger partial charge in [0.05, 0.1) is 18.0 Å². The van der Waals surface area contributed by atoms with Crippen molar-refractivity contribution in [1.29, 1.82) is 5.26 Å². The highest BCUT2D eigenvalue weighted by atomic mass is 19.4. The van der Waals surface area contributed by atoms with Crippen LogP contribution in [0.25, 0.3) is 0 Å². The van der Waals surface area contributed by atoms with E-state index in [0.29, 0.717) is 0 Å². The Balaban J connectivity index is 2.41. The second-order valence-corrected chi connectivity index (χ2v) is 5.41. The van der Waals surface area contributed by atoms with Gasteiger partial charge in [0, 0.05) is 5.56 Å². The van der Waals surface area contributed by atoms with E-state index in [1.807, 2.05) is 0 Å². The second kappa shape index (κ2) is 7.60. The van der Waals surface area contributed by atoms with Crippen molar-refractivity contribution in [2.24, 2.45) is 4.99 Å². The molecule has 0 bridgehead atoms. The van der Waals surface area contributed by atoms with Gasteiger partial charge in [0.25, 0.3) is 0 Å². The van der Waals surface area contributed by atoms with Crippen LogP contribution in [-0.2, 0) is 6.18 Å². The van der Waals surface area contributed by atoms with Crippen LogP contribution >= 0.6 is 0 Å². The zero-order valence-corrected chi connectivity index (χ0v) is 13.1. The maximum Gasteiger partial charge on any atom is 0.416 e. The van der Waals surface area contributed by atoms with Crippen molar-refractivity contribution in [2.75, 3.05) is 0 Å². The Labute approximate surface area is 145 Å². The number of rotatable bonds is 4. The summed E-state index contributed by atoms with van der Waals surface area (Å²) in [5.41, 5.74) is -1.02. The molecule has 8 heteroatoms. The predicted octanol–water partition coefficient (Wildman–Crippen LogP) is 5.71. The van der Waals surface area contributed by atoms with Gasteiger partial charge >= 0.3 is 12.4 Å². The normalized spacial score (nSPS) is 14.0. The standard InChI is InChI=1S/C18H12F6N2/c19-17(20,21)10-15(12-4-2-1-3-5-12)26-16(11-25)13-6-8-14(9-7-13)18(22,23)24/h1-9,15H,10H2/t15-/m1/s1. The van der Waals surface area contributed by atoms with Crippen LogP contribution in [0.1, 0.15) is 29.2 Å². The highest BCUT2D eigenvalue weighted by Gasteiger charge is 2.33. The molecule has 0 aliphatic carbocycles. The van der Waals surface area contributed by atoms with Gasteiger partial charge in [0.2, 0.25) is 0 Å². The van der Waals surface area contributed by atoms with Crippen molar-refractivity contribution in [1.82, 2.24) is 0 Å². The molecule has 26 heavy (non-hydrogen) atoms. The SMILES string of the molecule is N#CC(=N[C@H](CC(F)(F)F)c1ccccc1)c1ccc(C(F)(F)F)cc1. The topological polar surface area (TPSA) is 36.1 Å². The summed E-state index contributed by atoms with van der Waals surface area (Å²) >= 11 is 0. The van der Waals surface area contributed by atoms with E-state index in [1.165, 1.54) is 12.1 Å². The summed E-state index contributed by atoms with van der Waals surface area (Å²) < 4.78 is 76.4. The van der Waals surface area contributed by atoms with E-state index >= 15 is 0 Å². The molecule has 0 amide bonds. The summed E-state index contributed by atoms with van der Waals surface area (Å²) in [6, 6.07) is 11.4. The number of nitrogens with zero attached hydrogens (tertiary/aromatic N) is 2. The number of aliphatic imine (C=N–C) groups is 1. The fourth-order valence-corrected chi connectivity index (χ4v) is 2.27. The minimum atomic E-state index is -4.55. The Hall–Kier alpha value is -2.82. The Kier molecular flexibility index (Phi) is 5.70. The molecule has 2 aromatic rings. The van der Waals surface area contributed by atoms with Gasteiger partial charge < -0.3 is 0 Å². The molecule has 0 heterocycles. The fourth-order valence-electron chi connectivity index (χ4n) is 2.27. The van der Waals surface area contributed by atoms with Gasteiger partial charge in [-0.15, -0.1) is 0 Å². The van der Waals surface area contributed by atoms with Crippen LogP contribution in [0.15, 0.2) is 59.6 Å². The van der Waals surface area contributed by atoms with E-state index in [2.05, 4.69) is 4.99 Å². The monoisotopic (exact) mass is 370 g/mol. The lowest BCUT2D eigenvalue weighted by Gasteiger charge is -2.16. The molecule has 0 fully saturated rings. The number of benzene rings is 2. The van der Waals surface area contributed by atoms with Crippen LogP contribution in [0.2, 0.25) is 0 Å². The van der Waals surface area contributed by atoms with Crippen molar-refractivity contribution in [2.45, 2.75) is 24.8 Å². The average molecular weight is 370 g/mol. The second-order valence-electron chi connectivity index (χ2n) is 5.41. The third-order valence-electron chi connectivity index (χ3n) is 3.49. The number of hydrogen-bond acceptors (Lipinski definition) is 2. The Morgan fingerprint density at radius 3 is 1.96 bits per heavy atom. The van der Waals surface area contributed by atoms with Crippen LogP contribution in [0.4, 0.5) is 26.3 Å². The summed E-state index contributed by atoms with van der Waals surface area (Å²) in [7, 11) is 0. The summed E-state index contributed by atoms with van der Waals surface area (Å²) in [6.45, 7) is 0. The van der Waals surface area contributed by atoms with Crippen LogP contribution in [0, 0.1) is 11.3 Å². The molecule has 0 unspecified atom stereocenters. The molecule has 0 saturated carbocycles. The fraction of sp³-hybridized carbons (Fsp3) is 0.222. The molecule has 2 rings (SSSR count). The minimum absolute atomic E-state index is 0.0172. The molecular weight excluding hydrogens is 358 g/mol. The third kappa shape index (κ3) is 5.34. The lowest BCUT2D eigenvalue weighted by atomic mass is 10.0. The molecule has 0 saturated heterocycles. The molecule has 136 valence electrons. The van der Waals surface area contributed by atoms with Gasteiger partial charge in [0.1, 0.15) is 11.8 Å². The van der Waals surface area contributed by atoms with Gasteiger partial charge in [-0.25, -0.2) is 0 Å². The van der Waals surface area contributed by atoms with E-state index in [4.69, 9.17) is 0 Å². The van der Waals surface area contributed by atoms with Crippen molar-refractivity contribution in [3.05, 3.63) is 71.3 Å². The van der Waals surface area contributed by atoms with Gasteiger partial charge in [-0.3, -0.25) is 4.99 Å². The Bertz CT molecular complexity index is 799. The highest BCUT2D eigenvalue weighted by molar-refractivity contribution is 6.11. The first kappa shape index (κ1) is 19.5. The van der Waals surface area contributed by atoms with Gasteiger partial charge in [-0.2, -0.15) is 31.6 Å². The van der Waals surface area contributed by atoms with Crippen LogP contribution in [0.5, 0.6) is 0 Å². The highest BCUT2D eigenvalue weighted by Crippen LogP contribution is 2.33. The predicted molar refractivity (Wildman–Crippen MR) is 83.4 cm³/mol. The first-order chi connectivity index (χ1) is 12.1. The Morgan fingerprint density at radius 2 is 1.50 bits per heavy atom. The molecule has 2 nitrogen and oxygen atoms in total. The van der Waals surface area contributed by atoms with Gasteiger partial charge in [-0.1, -0.05) is 42.5 Å². The van der Waals surface area contributed by atoms with E-state index in [-0.39, 0.29) is 16.8 Å². The molecule has 0 aromatic heterocycles. The average Bonchev–Trinajstić information content (AvgIpc) is 2.57. The van der Waals surface area contributed by atoms with Crippen LogP contribution in [0.3, 0.4) is 0 Å². The third-order valence-corrected chi connectivity index (χ3v) is 3.49.